The lowest BCUT2D eigenvalue weighted by Gasteiger charge is -2.33. The van der Waals surface area contributed by atoms with Crippen LogP contribution in [0.2, 0.25) is 0 Å². The van der Waals surface area contributed by atoms with E-state index in [0.29, 0.717) is 25.4 Å². The van der Waals surface area contributed by atoms with Crippen LogP contribution in [0.3, 0.4) is 0 Å². The van der Waals surface area contributed by atoms with Gasteiger partial charge in [0.05, 0.1) is 12.7 Å². The zero-order chi connectivity index (χ0) is 25.6. The predicted molar refractivity (Wildman–Crippen MR) is 144 cm³/mol. The maximum atomic E-state index is 12.6. The molecule has 36 heavy (non-hydrogen) atoms. The quantitative estimate of drug-likeness (QED) is 0.199. The maximum Gasteiger partial charge on any atom is 0.326 e. The smallest absolute Gasteiger partial charge is 0.326 e. The van der Waals surface area contributed by atoms with Crippen LogP contribution < -0.4 is 0 Å². The Morgan fingerprint density at radius 3 is 2.19 bits per heavy atom. The van der Waals surface area contributed by atoms with Crippen molar-refractivity contribution in [1.29, 1.82) is 5.26 Å². The van der Waals surface area contributed by atoms with Crippen molar-refractivity contribution in [3.8, 4) is 17.5 Å². The maximum absolute atomic E-state index is 12.6. The summed E-state index contributed by atoms with van der Waals surface area (Å²) in [7, 11) is 0. The van der Waals surface area contributed by atoms with Crippen LogP contribution in [0, 0.1) is 16.7 Å². The fourth-order valence-electron chi connectivity index (χ4n) is 5.11. The van der Waals surface area contributed by atoms with Crippen molar-refractivity contribution in [2.75, 3.05) is 6.61 Å². The van der Waals surface area contributed by atoms with E-state index in [9.17, 15) is 10.1 Å². The van der Waals surface area contributed by atoms with E-state index >= 15 is 0 Å². The average Bonchev–Trinajstić information content (AvgIpc) is 2.93. The van der Waals surface area contributed by atoms with Crippen molar-refractivity contribution in [1.82, 2.24) is 9.97 Å². The van der Waals surface area contributed by atoms with Gasteiger partial charge < -0.3 is 4.74 Å². The molecule has 0 bridgehead atoms. The Labute approximate surface area is 217 Å². The number of hydrogen-bond donors (Lipinski definition) is 0. The Bertz CT molecular complexity index is 955. The highest BCUT2D eigenvalue weighted by atomic mass is 16.5. The third-order valence-corrected chi connectivity index (χ3v) is 7.59. The van der Waals surface area contributed by atoms with Gasteiger partial charge in [0.1, 0.15) is 0 Å². The molecule has 2 aromatic rings. The highest BCUT2D eigenvalue weighted by Gasteiger charge is 2.43. The minimum Gasteiger partial charge on any atom is -0.465 e. The molecule has 0 aliphatic heterocycles. The van der Waals surface area contributed by atoms with Gasteiger partial charge in [0.15, 0.2) is 11.2 Å². The topological polar surface area (TPSA) is 75.9 Å². The molecule has 5 heteroatoms. The first-order valence-electron chi connectivity index (χ1n) is 14.1. The molecule has 1 aromatic heterocycles. The fraction of sp³-hybridized carbons (Fsp3) is 0.613. The van der Waals surface area contributed by atoms with Crippen LogP contribution in [-0.4, -0.2) is 22.5 Å². The number of nitrogens with zero attached hydrogens (tertiary/aromatic N) is 3. The molecule has 0 radical (unpaired) electrons. The van der Waals surface area contributed by atoms with Crippen LogP contribution in [0.1, 0.15) is 114 Å². The summed E-state index contributed by atoms with van der Waals surface area (Å²) in [6.45, 7) is 4.79. The van der Waals surface area contributed by atoms with Crippen LogP contribution >= 0.6 is 0 Å². The number of benzene rings is 1. The number of hydrogen-bond acceptors (Lipinski definition) is 5. The summed E-state index contributed by atoms with van der Waals surface area (Å²) >= 11 is 0. The molecule has 1 fully saturated rings. The second-order valence-corrected chi connectivity index (χ2v) is 10.4. The van der Waals surface area contributed by atoms with E-state index in [0.717, 1.165) is 49.9 Å². The summed E-state index contributed by atoms with van der Waals surface area (Å²) in [6.07, 6.45) is 18.5. The van der Waals surface area contributed by atoms with Gasteiger partial charge in [0.2, 0.25) is 0 Å². The van der Waals surface area contributed by atoms with Gasteiger partial charge in [-0.25, -0.2) is 9.97 Å². The lowest BCUT2D eigenvalue weighted by Crippen LogP contribution is -2.35. The van der Waals surface area contributed by atoms with Crippen molar-refractivity contribution in [3.63, 3.8) is 0 Å². The van der Waals surface area contributed by atoms with Crippen molar-refractivity contribution in [2.24, 2.45) is 5.41 Å². The Hall–Kier alpha value is -2.74. The highest BCUT2D eigenvalue weighted by molar-refractivity contribution is 5.80. The van der Waals surface area contributed by atoms with Gasteiger partial charge in [0.25, 0.3) is 0 Å². The van der Waals surface area contributed by atoms with E-state index in [4.69, 9.17) is 4.74 Å². The minimum atomic E-state index is -0.978. The molecule has 0 spiro atoms. The lowest BCUT2D eigenvalue weighted by atomic mass is 9.69. The van der Waals surface area contributed by atoms with Crippen LogP contribution in [-0.2, 0) is 16.0 Å². The molecule has 0 atom stereocenters. The third-order valence-electron chi connectivity index (χ3n) is 7.59. The normalized spacial score (nSPS) is 19.5. The Morgan fingerprint density at radius 1 is 0.944 bits per heavy atom. The SMILES string of the molecule is CCCCCCCCc1cnc(-c2ccc([C@H]3CC[C@@](C#N)(C(=O)OCCCCC)CC3)cc2)nc1. The van der Waals surface area contributed by atoms with Gasteiger partial charge in [-0.2, -0.15) is 5.26 Å². The second-order valence-electron chi connectivity index (χ2n) is 10.4. The number of ether oxygens (including phenoxy) is 1. The van der Waals surface area contributed by atoms with Gasteiger partial charge >= 0.3 is 5.97 Å². The first-order chi connectivity index (χ1) is 17.6. The van der Waals surface area contributed by atoms with Crippen LogP contribution in [0.5, 0.6) is 0 Å². The summed E-state index contributed by atoms with van der Waals surface area (Å²) in [6, 6.07) is 10.8. The van der Waals surface area contributed by atoms with E-state index in [2.05, 4.69) is 54.2 Å². The van der Waals surface area contributed by atoms with E-state index in [1.165, 1.54) is 49.7 Å². The number of carbonyl (C=O) groups is 1. The van der Waals surface area contributed by atoms with Gasteiger partial charge in [-0.15, -0.1) is 0 Å². The molecule has 1 aromatic carbocycles. The number of aromatic nitrogens is 2. The summed E-state index contributed by atoms with van der Waals surface area (Å²) in [5, 5.41) is 9.78. The number of carbonyl (C=O) groups excluding carboxylic acids is 1. The number of rotatable bonds is 14. The number of unbranched alkanes of at least 4 members (excludes halogenated alkanes) is 7. The molecule has 0 unspecified atom stereocenters. The van der Waals surface area contributed by atoms with Gasteiger partial charge in [-0.3, -0.25) is 4.79 Å². The number of esters is 1. The molecule has 0 amide bonds. The molecule has 194 valence electrons. The monoisotopic (exact) mass is 489 g/mol. The standard InChI is InChI=1S/C31H43N3O2/c1-3-5-7-8-9-10-12-25-22-33-29(34-23-25)28-15-13-26(14-16-28)27-17-19-31(24-32,20-18-27)30(35)36-21-11-6-4-2/h13-16,22-23,27H,3-12,17-21H2,1-2H3/t27-,31+. The summed E-state index contributed by atoms with van der Waals surface area (Å²) in [5.41, 5.74) is 2.50. The second kappa shape index (κ2) is 14.7. The molecule has 1 aliphatic carbocycles. The molecular weight excluding hydrogens is 446 g/mol. The zero-order valence-corrected chi connectivity index (χ0v) is 22.3. The molecule has 1 heterocycles. The van der Waals surface area contributed by atoms with Crippen molar-refractivity contribution < 1.29 is 9.53 Å². The molecule has 1 saturated carbocycles. The van der Waals surface area contributed by atoms with E-state index < -0.39 is 5.41 Å². The molecular formula is C31H43N3O2. The number of aryl methyl sites for hydroxylation is 1. The Balaban J connectivity index is 1.49. The van der Waals surface area contributed by atoms with Crippen LogP contribution in [0.4, 0.5) is 0 Å². The van der Waals surface area contributed by atoms with Crippen molar-refractivity contribution in [2.45, 2.75) is 110 Å². The van der Waals surface area contributed by atoms with E-state index in [-0.39, 0.29) is 5.97 Å². The fourth-order valence-corrected chi connectivity index (χ4v) is 5.11. The molecule has 5 nitrogen and oxygen atoms in total. The van der Waals surface area contributed by atoms with Crippen LogP contribution in [0.15, 0.2) is 36.7 Å². The van der Waals surface area contributed by atoms with Gasteiger partial charge in [0, 0.05) is 18.0 Å². The van der Waals surface area contributed by atoms with Gasteiger partial charge in [-0.05, 0) is 62.0 Å². The Morgan fingerprint density at radius 2 is 1.56 bits per heavy atom. The van der Waals surface area contributed by atoms with Crippen molar-refractivity contribution >= 4 is 5.97 Å². The van der Waals surface area contributed by atoms with E-state index in [1.807, 2.05) is 12.4 Å². The average molecular weight is 490 g/mol. The predicted octanol–water partition coefficient (Wildman–Crippen LogP) is 7.95. The summed E-state index contributed by atoms with van der Waals surface area (Å²) < 4.78 is 5.46. The highest BCUT2D eigenvalue weighted by Crippen LogP contribution is 2.43. The van der Waals surface area contributed by atoms with Crippen LogP contribution in [0.25, 0.3) is 11.4 Å². The molecule has 0 saturated heterocycles. The largest absolute Gasteiger partial charge is 0.465 e. The molecule has 0 N–H and O–H groups in total. The molecule has 3 rings (SSSR count). The first kappa shape index (κ1) is 27.8. The third kappa shape index (κ3) is 7.88. The first-order valence-corrected chi connectivity index (χ1v) is 14.1. The van der Waals surface area contributed by atoms with Gasteiger partial charge in [-0.1, -0.05) is 83.1 Å². The van der Waals surface area contributed by atoms with Crippen molar-refractivity contribution in [3.05, 3.63) is 47.8 Å². The molecule has 1 aliphatic rings. The van der Waals surface area contributed by atoms with E-state index in [1.54, 1.807) is 0 Å². The summed E-state index contributed by atoms with van der Waals surface area (Å²) in [4.78, 5) is 21.8. The minimum absolute atomic E-state index is 0.327. The summed E-state index contributed by atoms with van der Waals surface area (Å²) in [5.74, 6) is 0.784. The Kier molecular flexibility index (Phi) is 11.4. The lowest BCUT2D eigenvalue weighted by molar-refractivity contribution is -0.154. The zero-order valence-electron chi connectivity index (χ0n) is 22.3. The number of nitriles is 1.